The molecule has 0 aliphatic heterocycles. The van der Waals surface area contributed by atoms with Crippen molar-refractivity contribution in [2.45, 2.75) is 37.0 Å². The Balaban J connectivity index is 1.58. The largest absolute Gasteiger partial charge is 0.280 e. The highest BCUT2D eigenvalue weighted by atomic mass is 35.5. The predicted octanol–water partition coefficient (Wildman–Crippen LogP) is 6.03. The van der Waals surface area contributed by atoms with Crippen LogP contribution in [0.5, 0.6) is 0 Å². The van der Waals surface area contributed by atoms with Gasteiger partial charge in [-0.15, -0.1) is 0 Å². The Labute approximate surface area is 223 Å². The summed E-state index contributed by atoms with van der Waals surface area (Å²) in [6.07, 6.45) is 6.66. The minimum Gasteiger partial charge on any atom is -0.280 e. The van der Waals surface area contributed by atoms with Gasteiger partial charge in [-0.05, 0) is 79.1 Å². The van der Waals surface area contributed by atoms with Crippen LogP contribution in [0.2, 0.25) is 10.0 Å². The Kier molecular flexibility index (Phi) is 6.46. The number of pyridine rings is 3. The molecule has 37 heavy (non-hydrogen) atoms. The molecule has 6 nitrogen and oxygen atoms in total. The number of halogens is 3. The first-order valence-corrected chi connectivity index (χ1v) is 14.1. The van der Waals surface area contributed by atoms with Crippen LogP contribution < -0.4 is 5.56 Å². The van der Waals surface area contributed by atoms with Gasteiger partial charge >= 0.3 is 0 Å². The summed E-state index contributed by atoms with van der Waals surface area (Å²) in [5.41, 5.74) is 3.41. The molecule has 0 radical (unpaired) electrons. The summed E-state index contributed by atoms with van der Waals surface area (Å²) in [5.74, 6) is -0.631. The molecule has 0 amide bonds. The molecular formula is C27H22Cl2FN3O3S. The topological polar surface area (TPSA) is 81.9 Å². The van der Waals surface area contributed by atoms with Crippen molar-refractivity contribution in [3.05, 3.63) is 104 Å². The number of hydrogen-bond donors (Lipinski definition) is 0. The van der Waals surface area contributed by atoms with Crippen molar-refractivity contribution in [3.8, 4) is 16.9 Å². The van der Waals surface area contributed by atoms with Gasteiger partial charge in [-0.1, -0.05) is 29.3 Å². The van der Waals surface area contributed by atoms with Gasteiger partial charge in [0.2, 0.25) is 0 Å². The van der Waals surface area contributed by atoms with Gasteiger partial charge in [0.25, 0.3) is 5.56 Å². The maximum Gasteiger partial charge on any atom is 0.274 e. The second kappa shape index (κ2) is 9.35. The highest BCUT2D eigenvalue weighted by molar-refractivity contribution is 7.90. The Morgan fingerprint density at radius 2 is 1.81 bits per heavy atom. The van der Waals surface area contributed by atoms with E-state index >= 15 is 4.39 Å². The summed E-state index contributed by atoms with van der Waals surface area (Å²) in [4.78, 5) is 21.6. The average molecular weight is 558 g/mol. The van der Waals surface area contributed by atoms with E-state index in [0.29, 0.717) is 22.0 Å². The van der Waals surface area contributed by atoms with Gasteiger partial charge in [0, 0.05) is 36.1 Å². The molecule has 1 aromatic carbocycles. The number of benzene rings is 1. The van der Waals surface area contributed by atoms with Crippen molar-refractivity contribution in [1.82, 2.24) is 14.5 Å². The monoisotopic (exact) mass is 557 g/mol. The van der Waals surface area contributed by atoms with E-state index in [1.165, 1.54) is 29.0 Å². The molecule has 4 aromatic rings. The zero-order valence-electron chi connectivity index (χ0n) is 20.2. The van der Waals surface area contributed by atoms with Gasteiger partial charge in [0.05, 0.1) is 16.4 Å². The Hall–Kier alpha value is -3.07. The molecule has 0 saturated heterocycles. The minimum atomic E-state index is -3.77. The fourth-order valence-corrected chi connectivity index (χ4v) is 5.96. The minimum absolute atomic E-state index is 0.0218. The molecule has 0 bridgehead atoms. The highest BCUT2D eigenvalue weighted by Gasteiger charge is 2.42. The molecule has 3 heterocycles. The third-order valence-electron chi connectivity index (χ3n) is 6.66. The number of rotatable bonds is 5. The standard InChI is InChI=1S/C27H22Cl2FN3O3S/c1-14-11-32-22(18-5-4-6-24(26(18)30)37(3,35)36)10-23(14)33-15(2)7-21(25(29)27(33)34)20-9-19(20)16-8-17(28)13-31-12-16/h4-8,10-13,19-20H,9H2,1-3H3/t19-,20+/m1/s1. The van der Waals surface area contributed by atoms with E-state index in [4.69, 9.17) is 23.2 Å². The van der Waals surface area contributed by atoms with E-state index in [1.54, 1.807) is 25.4 Å². The zero-order chi connectivity index (χ0) is 26.6. The smallest absolute Gasteiger partial charge is 0.274 e. The molecule has 0 spiro atoms. The Morgan fingerprint density at radius 3 is 2.51 bits per heavy atom. The maximum absolute atomic E-state index is 15.1. The van der Waals surface area contributed by atoms with Gasteiger partial charge in [0.15, 0.2) is 15.7 Å². The lowest BCUT2D eigenvalue weighted by atomic mass is 10.0. The molecule has 0 N–H and O–H groups in total. The number of aryl methyl sites for hydroxylation is 2. The molecule has 1 aliphatic carbocycles. The molecule has 1 aliphatic rings. The third-order valence-corrected chi connectivity index (χ3v) is 8.36. The third kappa shape index (κ3) is 4.69. The lowest BCUT2D eigenvalue weighted by Crippen LogP contribution is -2.23. The van der Waals surface area contributed by atoms with E-state index in [1.807, 2.05) is 19.1 Å². The van der Waals surface area contributed by atoms with Gasteiger partial charge in [0.1, 0.15) is 9.92 Å². The Bertz CT molecular complexity index is 1740. The molecule has 10 heteroatoms. The van der Waals surface area contributed by atoms with Crippen molar-refractivity contribution in [3.63, 3.8) is 0 Å². The van der Waals surface area contributed by atoms with Crippen LogP contribution >= 0.6 is 23.2 Å². The zero-order valence-corrected chi connectivity index (χ0v) is 22.5. The normalized spacial score (nSPS) is 17.1. The second-order valence-electron chi connectivity index (χ2n) is 9.33. The van der Waals surface area contributed by atoms with E-state index < -0.39 is 26.1 Å². The summed E-state index contributed by atoms with van der Waals surface area (Å²) in [7, 11) is -3.77. The van der Waals surface area contributed by atoms with E-state index in [9.17, 15) is 13.2 Å². The van der Waals surface area contributed by atoms with Crippen LogP contribution in [0.3, 0.4) is 0 Å². The Morgan fingerprint density at radius 1 is 1.05 bits per heavy atom. The van der Waals surface area contributed by atoms with Gasteiger partial charge in [-0.3, -0.25) is 19.3 Å². The summed E-state index contributed by atoms with van der Waals surface area (Å²) >= 11 is 12.7. The lowest BCUT2D eigenvalue weighted by Gasteiger charge is -2.17. The quantitative estimate of drug-likeness (QED) is 0.299. The van der Waals surface area contributed by atoms with Gasteiger partial charge < -0.3 is 0 Å². The first-order chi connectivity index (χ1) is 17.5. The number of nitrogens with zero attached hydrogens (tertiary/aromatic N) is 3. The first kappa shape index (κ1) is 25.6. The van der Waals surface area contributed by atoms with Crippen molar-refractivity contribution >= 4 is 33.0 Å². The molecular weight excluding hydrogens is 536 g/mol. The van der Waals surface area contributed by atoms with Crippen LogP contribution in [-0.4, -0.2) is 29.2 Å². The van der Waals surface area contributed by atoms with Crippen LogP contribution in [0.4, 0.5) is 4.39 Å². The summed E-state index contributed by atoms with van der Waals surface area (Å²) in [5, 5.41) is 0.680. The number of aromatic nitrogens is 3. The first-order valence-electron chi connectivity index (χ1n) is 11.5. The van der Waals surface area contributed by atoms with Crippen molar-refractivity contribution < 1.29 is 12.8 Å². The van der Waals surface area contributed by atoms with Crippen LogP contribution in [-0.2, 0) is 9.84 Å². The van der Waals surface area contributed by atoms with Crippen molar-refractivity contribution in [2.75, 3.05) is 6.26 Å². The summed E-state index contributed by atoms with van der Waals surface area (Å²) in [6.45, 7) is 3.59. The maximum atomic E-state index is 15.1. The summed E-state index contributed by atoms with van der Waals surface area (Å²) < 4.78 is 40.6. The molecule has 0 unspecified atom stereocenters. The molecule has 3 aromatic heterocycles. The van der Waals surface area contributed by atoms with Gasteiger partial charge in [-0.25, -0.2) is 12.8 Å². The molecule has 1 saturated carbocycles. The van der Waals surface area contributed by atoms with Crippen LogP contribution in [0.15, 0.2) is 64.7 Å². The van der Waals surface area contributed by atoms with Gasteiger partial charge in [-0.2, -0.15) is 0 Å². The molecule has 2 atom stereocenters. The number of sulfone groups is 1. The fourth-order valence-electron chi connectivity index (χ4n) is 4.74. The van der Waals surface area contributed by atoms with Crippen LogP contribution in [0, 0.1) is 19.7 Å². The highest BCUT2D eigenvalue weighted by Crippen LogP contribution is 2.56. The fraction of sp³-hybridized carbons (Fsp3) is 0.222. The average Bonchev–Trinajstić information content (AvgIpc) is 3.63. The van der Waals surface area contributed by atoms with Crippen molar-refractivity contribution in [2.24, 2.45) is 0 Å². The summed E-state index contributed by atoms with van der Waals surface area (Å²) in [6, 6.07) is 9.47. The molecule has 5 rings (SSSR count). The van der Waals surface area contributed by atoms with Crippen LogP contribution in [0.1, 0.15) is 40.6 Å². The number of hydrogen-bond acceptors (Lipinski definition) is 5. The second-order valence-corrected chi connectivity index (χ2v) is 12.1. The van der Waals surface area contributed by atoms with E-state index in [2.05, 4.69) is 9.97 Å². The van der Waals surface area contributed by atoms with Crippen LogP contribution in [0.25, 0.3) is 16.9 Å². The molecule has 1 fully saturated rings. The van der Waals surface area contributed by atoms with E-state index in [0.717, 1.165) is 23.8 Å². The predicted molar refractivity (Wildman–Crippen MR) is 142 cm³/mol. The molecule has 190 valence electrons. The lowest BCUT2D eigenvalue weighted by molar-refractivity contribution is 0.572. The van der Waals surface area contributed by atoms with E-state index in [-0.39, 0.29) is 28.1 Å². The SMILES string of the molecule is Cc1cnc(-c2cccc(S(C)(=O)=O)c2F)cc1-n1c(C)cc([C@H]2C[C@@H]2c2cncc(Cl)c2)c(Cl)c1=O. The van der Waals surface area contributed by atoms with Crippen molar-refractivity contribution in [1.29, 1.82) is 0 Å².